The average Bonchev–Trinajstić information content (AvgIpc) is 3.29. The van der Waals surface area contributed by atoms with E-state index >= 15 is 0 Å². The van der Waals surface area contributed by atoms with E-state index in [-0.39, 0.29) is 31.2 Å². The Morgan fingerprint density at radius 1 is 1.09 bits per heavy atom. The minimum absolute atomic E-state index is 0.0435. The fourth-order valence-electron chi connectivity index (χ4n) is 5.66. The standard InChI is InChI=1S/C23H31F3N2O4/c1-21(2)11-16-18(17(29)12-21)22(23(24,25)26,27-19(30)14-7-4-3-5-8-14)20(31)28(16)13-15-9-6-10-32-15/h14-15H,3-13H2,1-2H3,(H,27,30)/t15-,22+/m0/s1. The average molecular weight is 457 g/mol. The second kappa shape index (κ2) is 8.15. The fourth-order valence-corrected chi connectivity index (χ4v) is 5.66. The van der Waals surface area contributed by atoms with Crippen molar-refractivity contribution in [3.8, 4) is 0 Å². The molecule has 2 aliphatic carbocycles. The van der Waals surface area contributed by atoms with Gasteiger partial charge in [-0.15, -0.1) is 0 Å². The van der Waals surface area contributed by atoms with E-state index in [1.165, 1.54) is 0 Å². The van der Waals surface area contributed by atoms with Crippen LogP contribution in [0.4, 0.5) is 13.2 Å². The molecule has 2 amide bonds. The molecule has 9 heteroatoms. The minimum Gasteiger partial charge on any atom is -0.376 e. The van der Waals surface area contributed by atoms with Gasteiger partial charge < -0.3 is 15.0 Å². The molecule has 0 aromatic carbocycles. The van der Waals surface area contributed by atoms with Crippen molar-refractivity contribution in [2.45, 2.75) is 89.5 Å². The number of hydrogen-bond donors (Lipinski definition) is 1. The Balaban J connectivity index is 1.78. The van der Waals surface area contributed by atoms with Crippen LogP contribution in [0.1, 0.15) is 71.6 Å². The molecule has 4 rings (SSSR count). The summed E-state index contributed by atoms with van der Waals surface area (Å²) < 4.78 is 49.8. The Morgan fingerprint density at radius 2 is 1.78 bits per heavy atom. The zero-order valence-electron chi connectivity index (χ0n) is 18.6. The van der Waals surface area contributed by atoms with Gasteiger partial charge in [-0.05, 0) is 37.5 Å². The monoisotopic (exact) mass is 456 g/mol. The molecule has 0 aromatic rings. The molecule has 0 bridgehead atoms. The van der Waals surface area contributed by atoms with Gasteiger partial charge in [-0.25, -0.2) is 0 Å². The zero-order valence-corrected chi connectivity index (χ0v) is 18.6. The van der Waals surface area contributed by atoms with Crippen LogP contribution in [-0.4, -0.2) is 53.5 Å². The second-order valence-electron chi connectivity index (χ2n) is 10.4. The van der Waals surface area contributed by atoms with Crippen molar-refractivity contribution in [2.75, 3.05) is 13.2 Å². The van der Waals surface area contributed by atoms with Crippen molar-refractivity contribution in [3.63, 3.8) is 0 Å². The van der Waals surface area contributed by atoms with Crippen LogP contribution in [0.25, 0.3) is 0 Å². The Labute approximate surface area is 185 Å². The van der Waals surface area contributed by atoms with E-state index in [4.69, 9.17) is 4.74 Å². The summed E-state index contributed by atoms with van der Waals surface area (Å²) in [5, 5.41) is 2.09. The van der Waals surface area contributed by atoms with Crippen molar-refractivity contribution in [3.05, 3.63) is 11.3 Å². The molecular formula is C23H31F3N2O4. The number of ether oxygens (including phenoxy) is 1. The molecular weight excluding hydrogens is 425 g/mol. The number of rotatable bonds is 4. The van der Waals surface area contributed by atoms with Crippen LogP contribution >= 0.6 is 0 Å². The first kappa shape index (κ1) is 23.3. The number of allylic oxidation sites excluding steroid dienone is 1. The molecule has 0 spiro atoms. The summed E-state index contributed by atoms with van der Waals surface area (Å²) in [6.45, 7) is 4.05. The van der Waals surface area contributed by atoms with Gasteiger partial charge in [0.25, 0.3) is 5.91 Å². The summed E-state index contributed by atoms with van der Waals surface area (Å²) in [7, 11) is 0. The lowest BCUT2D eigenvalue weighted by Gasteiger charge is -2.36. The molecule has 2 fully saturated rings. The first-order valence-electron chi connectivity index (χ1n) is 11.6. The highest BCUT2D eigenvalue weighted by Gasteiger charge is 2.71. The summed E-state index contributed by atoms with van der Waals surface area (Å²) in [5.74, 6) is -3.37. The Morgan fingerprint density at radius 3 is 2.38 bits per heavy atom. The Hall–Kier alpha value is -1.90. The van der Waals surface area contributed by atoms with Crippen LogP contribution in [0.3, 0.4) is 0 Å². The van der Waals surface area contributed by atoms with Crippen LogP contribution in [0.5, 0.6) is 0 Å². The molecule has 1 saturated carbocycles. The number of ketones is 1. The number of nitrogens with zero attached hydrogens (tertiary/aromatic N) is 1. The van der Waals surface area contributed by atoms with E-state index in [9.17, 15) is 27.6 Å². The van der Waals surface area contributed by atoms with E-state index in [1.807, 2.05) is 0 Å². The quantitative estimate of drug-likeness (QED) is 0.701. The lowest BCUT2D eigenvalue weighted by atomic mass is 9.72. The van der Waals surface area contributed by atoms with Crippen molar-refractivity contribution in [2.24, 2.45) is 11.3 Å². The van der Waals surface area contributed by atoms with Gasteiger partial charge in [0.15, 0.2) is 5.78 Å². The predicted octanol–water partition coefficient (Wildman–Crippen LogP) is 3.65. The Kier molecular flexibility index (Phi) is 5.92. The molecule has 6 nitrogen and oxygen atoms in total. The number of hydrogen-bond acceptors (Lipinski definition) is 4. The minimum atomic E-state index is -5.14. The van der Waals surface area contributed by atoms with Gasteiger partial charge in [0.1, 0.15) is 0 Å². The lowest BCUT2D eigenvalue weighted by Crippen LogP contribution is -2.67. The molecule has 2 atom stereocenters. The van der Waals surface area contributed by atoms with E-state index in [1.54, 1.807) is 13.8 Å². The molecule has 0 unspecified atom stereocenters. The van der Waals surface area contributed by atoms with Crippen molar-refractivity contribution in [1.82, 2.24) is 10.2 Å². The van der Waals surface area contributed by atoms with Crippen LogP contribution in [0, 0.1) is 11.3 Å². The van der Waals surface area contributed by atoms with Crippen molar-refractivity contribution < 1.29 is 32.3 Å². The molecule has 4 aliphatic rings. The van der Waals surface area contributed by atoms with Crippen LogP contribution in [0.2, 0.25) is 0 Å². The van der Waals surface area contributed by atoms with Crippen LogP contribution in [0.15, 0.2) is 11.3 Å². The van der Waals surface area contributed by atoms with Gasteiger partial charge in [-0.1, -0.05) is 33.1 Å². The van der Waals surface area contributed by atoms with Gasteiger partial charge in [0.05, 0.1) is 18.2 Å². The van der Waals surface area contributed by atoms with Crippen LogP contribution < -0.4 is 5.32 Å². The highest BCUT2D eigenvalue weighted by Crippen LogP contribution is 2.52. The summed E-state index contributed by atoms with van der Waals surface area (Å²) in [5.41, 5.74) is -4.40. The predicted molar refractivity (Wildman–Crippen MR) is 109 cm³/mol. The molecule has 2 heterocycles. The smallest absolute Gasteiger partial charge is 0.376 e. The summed E-state index contributed by atoms with van der Waals surface area (Å²) in [6.07, 6.45) is -0.639. The maximum atomic E-state index is 14.7. The third-order valence-corrected chi connectivity index (χ3v) is 7.24. The summed E-state index contributed by atoms with van der Waals surface area (Å²) in [4.78, 5) is 40.7. The second-order valence-corrected chi connectivity index (χ2v) is 10.4. The van der Waals surface area contributed by atoms with Gasteiger partial charge in [-0.2, -0.15) is 13.2 Å². The Bertz CT molecular complexity index is 839. The first-order chi connectivity index (χ1) is 15.0. The maximum absolute atomic E-state index is 14.7. The maximum Gasteiger partial charge on any atom is 0.425 e. The number of halogens is 3. The molecule has 178 valence electrons. The third-order valence-electron chi connectivity index (χ3n) is 7.24. The topological polar surface area (TPSA) is 75.7 Å². The molecule has 0 aromatic heterocycles. The highest BCUT2D eigenvalue weighted by atomic mass is 19.4. The SMILES string of the molecule is CC1(C)CC(=O)C2=C(C1)N(C[C@@H]1CCCO1)C(=O)[C@@]2(NC(=O)C1CCCCC1)C(F)(F)F. The van der Waals surface area contributed by atoms with E-state index < -0.39 is 46.2 Å². The van der Waals surface area contributed by atoms with Crippen LogP contribution in [-0.2, 0) is 19.1 Å². The van der Waals surface area contributed by atoms with E-state index in [0.29, 0.717) is 25.9 Å². The molecule has 0 radical (unpaired) electrons. The number of carbonyl (C=O) groups excluding carboxylic acids is 3. The molecule has 1 saturated heterocycles. The van der Waals surface area contributed by atoms with Gasteiger partial charge in [0.2, 0.25) is 11.4 Å². The number of amides is 2. The molecule has 32 heavy (non-hydrogen) atoms. The molecule has 2 aliphatic heterocycles. The number of nitrogens with one attached hydrogen (secondary N) is 1. The third kappa shape index (κ3) is 3.86. The van der Waals surface area contributed by atoms with E-state index in [2.05, 4.69) is 5.32 Å². The normalized spacial score (nSPS) is 31.3. The number of alkyl halides is 3. The van der Waals surface area contributed by atoms with Gasteiger partial charge in [0, 0.05) is 24.6 Å². The summed E-state index contributed by atoms with van der Waals surface area (Å²) in [6, 6.07) is 0. The van der Waals surface area contributed by atoms with Gasteiger partial charge in [-0.3, -0.25) is 14.4 Å². The molecule has 1 N–H and O–H groups in total. The number of Topliss-reactive ketones (excluding diaryl/α,β-unsaturated/α-hetero) is 1. The van der Waals surface area contributed by atoms with Crippen molar-refractivity contribution >= 4 is 17.6 Å². The first-order valence-corrected chi connectivity index (χ1v) is 11.6. The largest absolute Gasteiger partial charge is 0.425 e. The highest BCUT2D eigenvalue weighted by molar-refractivity contribution is 6.13. The number of carbonyl (C=O) groups is 3. The van der Waals surface area contributed by atoms with Gasteiger partial charge >= 0.3 is 6.18 Å². The van der Waals surface area contributed by atoms with Crippen molar-refractivity contribution in [1.29, 1.82) is 0 Å². The lowest BCUT2D eigenvalue weighted by molar-refractivity contribution is -0.195. The summed E-state index contributed by atoms with van der Waals surface area (Å²) >= 11 is 0. The fraction of sp³-hybridized carbons (Fsp3) is 0.783. The zero-order chi connectivity index (χ0) is 23.3. The van der Waals surface area contributed by atoms with E-state index in [0.717, 1.165) is 30.6 Å².